The number of rotatable bonds is 3. The summed E-state index contributed by atoms with van der Waals surface area (Å²) in [5, 5.41) is 0.669. The highest BCUT2D eigenvalue weighted by Gasteiger charge is 2.04. The topological polar surface area (TPSA) is 35.2 Å². The van der Waals surface area contributed by atoms with Crippen molar-refractivity contribution in [2.75, 3.05) is 0 Å². The molecule has 0 aliphatic heterocycles. The van der Waals surface area contributed by atoms with Crippen LogP contribution in [0.4, 0.5) is 0 Å². The number of aryl methyl sites for hydroxylation is 1. The minimum Gasteiger partial charge on any atom is -0.457 e. The van der Waals surface area contributed by atoms with Crippen LogP contribution in [0.15, 0.2) is 42.5 Å². The summed E-state index contributed by atoms with van der Waals surface area (Å²) in [7, 11) is 0. The molecular weight excluding hydrogens is 246 g/mol. The average Bonchev–Trinajstić information content (AvgIpc) is 2.34. The normalized spacial score (nSPS) is 12.2. The number of benzene rings is 2. The number of hydrogen-bond donors (Lipinski definition) is 1. The van der Waals surface area contributed by atoms with Crippen molar-refractivity contribution in [3.8, 4) is 11.5 Å². The minimum absolute atomic E-state index is 0.0342. The van der Waals surface area contributed by atoms with Crippen molar-refractivity contribution in [2.45, 2.75) is 19.9 Å². The Balaban J connectivity index is 2.21. The number of halogens is 1. The zero-order valence-corrected chi connectivity index (χ0v) is 11.2. The molecule has 1 unspecified atom stereocenters. The lowest BCUT2D eigenvalue weighted by molar-refractivity contribution is 0.478. The third-order valence-corrected chi connectivity index (χ3v) is 3.02. The summed E-state index contributed by atoms with van der Waals surface area (Å²) in [5.74, 6) is 1.56. The molecule has 0 saturated heterocycles. The van der Waals surface area contributed by atoms with E-state index in [9.17, 15) is 0 Å². The van der Waals surface area contributed by atoms with E-state index in [1.807, 2.05) is 56.3 Å². The Hall–Kier alpha value is -1.51. The molecule has 0 fully saturated rings. The molecule has 0 aliphatic carbocycles. The third kappa shape index (κ3) is 3.03. The molecule has 0 amide bonds. The zero-order valence-electron chi connectivity index (χ0n) is 10.5. The van der Waals surface area contributed by atoms with E-state index >= 15 is 0 Å². The predicted molar refractivity (Wildman–Crippen MR) is 75.3 cm³/mol. The fourth-order valence-corrected chi connectivity index (χ4v) is 1.81. The summed E-state index contributed by atoms with van der Waals surface area (Å²) >= 11 is 5.95. The van der Waals surface area contributed by atoms with E-state index in [1.54, 1.807) is 0 Å². The van der Waals surface area contributed by atoms with Crippen molar-refractivity contribution in [3.63, 3.8) is 0 Å². The van der Waals surface area contributed by atoms with Crippen LogP contribution in [-0.2, 0) is 0 Å². The maximum atomic E-state index is 5.95. The Kier molecular flexibility index (Phi) is 3.90. The van der Waals surface area contributed by atoms with Gasteiger partial charge < -0.3 is 10.5 Å². The molecule has 0 aliphatic rings. The van der Waals surface area contributed by atoms with E-state index in [0.29, 0.717) is 5.02 Å². The van der Waals surface area contributed by atoms with E-state index in [-0.39, 0.29) is 6.04 Å². The highest BCUT2D eigenvalue weighted by Crippen LogP contribution is 2.28. The number of hydrogen-bond acceptors (Lipinski definition) is 2. The molecule has 0 aromatic heterocycles. The molecule has 0 saturated carbocycles. The van der Waals surface area contributed by atoms with E-state index in [2.05, 4.69) is 0 Å². The first-order valence-electron chi connectivity index (χ1n) is 5.86. The maximum Gasteiger partial charge on any atom is 0.131 e. The molecule has 1 atom stereocenters. The molecule has 2 aromatic rings. The Morgan fingerprint density at radius 1 is 1.11 bits per heavy atom. The molecule has 0 spiro atoms. The molecule has 2 rings (SSSR count). The quantitative estimate of drug-likeness (QED) is 0.885. The molecule has 0 radical (unpaired) electrons. The second kappa shape index (κ2) is 5.42. The van der Waals surface area contributed by atoms with Gasteiger partial charge in [-0.3, -0.25) is 0 Å². The fourth-order valence-electron chi connectivity index (χ4n) is 1.65. The summed E-state index contributed by atoms with van der Waals surface area (Å²) in [4.78, 5) is 0. The van der Waals surface area contributed by atoms with Crippen LogP contribution in [0.2, 0.25) is 5.02 Å². The van der Waals surface area contributed by atoms with Crippen LogP contribution < -0.4 is 10.5 Å². The van der Waals surface area contributed by atoms with Crippen LogP contribution in [0.1, 0.15) is 24.1 Å². The first-order valence-corrected chi connectivity index (χ1v) is 6.23. The first-order chi connectivity index (χ1) is 8.56. The lowest BCUT2D eigenvalue weighted by Crippen LogP contribution is -2.04. The number of ether oxygens (including phenoxy) is 1. The standard InChI is InChI=1S/C15H16ClNO/c1-10-3-6-13(16)9-15(10)18-14-7-4-12(5-8-14)11(2)17/h3-9,11H,17H2,1-2H3. The SMILES string of the molecule is Cc1ccc(Cl)cc1Oc1ccc(C(C)N)cc1. The molecule has 0 bridgehead atoms. The van der Waals surface area contributed by atoms with E-state index in [1.165, 1.54) is 0 Å². The van der Waals surface area contributed by atoms with E-state index < -0.39 is 0 Å². The summed E-state index contributed by atoms with van der Waals surface area (Å²) in [6, 6.07) is 13.4. The van der Waals surface area contributed by atoms with Crippen LogP contribution in [-0.4, -0.2) is 0 Å². The van der Waals surface area contributed by atoms with E-state index in [4.69, 9.17) is 22.1 Å². The van der Waals surface area contributed by atoms with Crippen molar-refractivity contribution in [2.24, 2.45) is 5.73 Å². The van der Waals surface area contributed by atoms with Gasteiger partial charge in [-0.25, -0.2) is 0 Å². The molecule has 3 heteroatoms. The van der Waals surface area contributed by atoms with Crippen molar-refractivity contribution in [3.05, 3.63) is 58.6 Å². The van der Waals surface area contributed by atoms with Gasteiger partial charge in [0.25, 0.3) is 0 Å². The van der Waals surface area contributed by atoms with Crippen LogP contribution >= 0.6 is 11.6 Å². The average molecular weight is 262 g/mol. The van der Waals surface area contributed by atoms with Gasteiger partial charge >= 0.3 is 0 Å². The highest BCUT2D eigenvalue weighted by atomic mass is 35.5. The third-order valence-electron chi connectivity index (χ3n) is 2.78. The first kappa shape index (κ1) is 12.9. The van der Waals surface area contributed by atoms with Crippen molar-refractivity contribution >= 4 is 11.6 Å². The largest absolute Gasteiger partial charge is 0.457 e. The van der Waals surface area contributed by atoms with Gasteiger partial charge in [-0.2, -0.15) is 0 Å². The monoisotopic (exact) mass is 261 g/mol. The van der Waals surface area contributed by atoms with Crippen molar-refractivity contribution in [1.82, 2.24) is 0 Å². The highest BCUT2D eigenvalue weighted by molar-refractivity contribution is 6.30. The maximum absolute atomic E-state index is 5.95. The summed E-state index contributed by atoms with van der Waals surface area (Å²) in [5.41, 5.74) is 7.94. The molecule has 94 valence electrons. The second-order valence-electron chi connectivity index (χ2n) is 4.37. The molecule has 2 aromatic carbocycles. The van der Waals surface area contributed by atoms with E-state index in [0.717, 1.165) is 22.6 Å². The predicted octanol–water partition coefficient (Wildman–Crippen LogP) is 4.46. The van der Waals surface area contributed by atoms with Gasteiger partial charge in [-0.1, -0.05) is 29.8 Å². The Morgan fingerprint density at radius 3 is 2.39 bits per heavy atom. The number of nitrogens with two attached hydrogens (primary N) is 1. The molecule has 18 heavy (non-hydrogen) atoms. The lowest BCUT2D eigenvalue weighted by atomic mass is 10.1. The van der Waals surface area contributed by atoms with Gasteiger partial charge in [0, 0.05) is 11.1 Å². The van der Waals surface area contributed by atoms with Gasteiger partial charge in [0.05, 0.1) is 0 Å². The Labute approximate surface area is 112 Å². The van der Waals surface area contributed by atoms with Gasteiger partial charge in [-0.05, 0) is 49.2 Å². The molecular formula is C15H16ClNO. The summed E-state index contributed by atoms with van der Waals surface area (Å²) < 4.78 is 5.80. The lowest BCUT2D eigenvalue weighted by Gasteiger charge is -2.10. The van der Waals surface area contributed by atoms with Crippen LogP contribution in [0, 0.1) is 6.92 Å². The zero-order chi connectivity index (χ0) is 13.1. The second-order valence-corrected chi connectivity index (χ2v) is 4.81. The fraction of sp³-hybridized carbons (Fsp3) is 0.200. The van der Waals surface area contributed by atoms with Crippen molar-refractivity contribution in [1.29, 1.82) is 0 Å². The van der Waals surface area contributed by atoms with Crippen LogP contribution in [0.25, 0.3) is 0 Å². The Bertz CT molecular complexity index is 535. The molecule has 0 heterocycles. The Morgan fingerprint density at radius 2 is 1.78 bits per heavy atom. The van der Waals surface area contributed by atoms with Crippen LogP contribution in [0.5, 0.6) is 11.5 Å². The summed E-state index contributed by atoms with van der Waals surface area (Å²) in [6.07, 6.45) is 0. The van der Waals surface area contributed by atoms with Gasteiger partial charge in [0.1, 0.15) is 11.5 Å². The van der Waals surface area contributed by atoms with Crippen LogP contribution in [0.3, 0.4) is 0 Å². The van der Waals surface area contributed by atoms with Crippen molar-refractivity contribution < 1.29 is 4.74 Å². The smallest absolute Gasteiger partial charge is 0.131 e. The summed E-state index contributed by atoms with van der Waals surface area (Å²) in [6.45, 7) is 3.94. The van der Waals surface area contributed by atoms with Gasteiger partial charge in [0.15, 0.2) is 0 Å². The molecule has 2 N–H and O–H groups in total. The minimum atomic E-state index is 0.0342. The van der Waals surface area contributed by atoms with Gasteiger partial charge in [0.2, 0.25) is 0 Å². The molecule has 2 nitrogen and oxygen atoms in total. The van der Waals surface area contributed by atoms with Gasteiger partial charge in [-0.15, -0.1) is 0 Å².